The van der Waals surface area contributed by atoms with Crippen LogP contribution in [-0.4, -0.2) is 26.6 Å². The van der Waals surface area contributed by atoms with E-state index in [-0.39, 0.29) is 0 Å². The Kier molecular flexibility index (Phi) is 4.01. The van der Waals surface area contributed by atoms with Crippen molar-refractivity contribution in [2.75, 3.05) is 6.54 Å². The highest BCUT2D eigenvalue weighted by Crippen LogP contribution is 2.36. The number of hydrogen-bond acceptors (Lipinski definition) is 5. The molecular weight excluding hydrogens is 264 g/mol. The molecule has 0 N–H and O–H groups in total. The lowest BCUT2D eigenvalue weighted by Gasteiger charge is -2.24. The highest BCUT2D eigenvalue weighted by atomic mass is 16.5. The molecule has 0 unspecified atom stereocenters. The number of aryl methyl sites for hydroxylation is 3. The Balaban J connectivity index is 1.81. The van der Waals surface area contributed by atoms with E-state index in [4.69, 9.17) is 4.52 Å². The summed E-state index contributed by atoms with van der Waals surface area (Å²) in [6, 6.07) is 2.42. The molecule has 1 saturated heterocycles. The highest BCUT2D eigenvalue weighted by Gasteiger charge is 2.30. The van der Waals surface area contributed by atoms with Gasteiger partial charge in [-0.05, 0) is 39.3 Å². The van der Waals surface area contributed by atoms with E-state index in [0.717, 1.165) is 48.9 Å². The van der Waals surface area contributed by atoms with Gasteiger partial charge in [-0.25, -0.2) is 9.97 Å². The van der Waals surface area contributed by atoms with Crippen molar-refractivity contribution in [2.45, 2.75) is 52.6 Å². The number of likely N-dealkylation sites (tertiary alicyclic amines) is 1. The van der Waals surface area contributed by atoms with E-state index in [2.05, 4.69) is 26.9 Å². The molecule has 0 amide bonds. The summed E-state index contributed by atoms with van der Waals surface area (Å²) >= 11 is 0. The first-order valence-electron chi connectivity index (χ1n) is 7.66. The Bertz CT molecular complexity index is 603. The number of aromatic nitrogens is 3. The molecule has 1 aliphatic heterocycles. The van der Waals surface area contributed by atoms with Crippen LogP contribution in [0.5, 0.6) is 0 Å². The minimum absolute atomic E-state index is 0.399. The van der Waals surface area contributed by atoms with Crippen molar-refractivity contribution >= 4 is 0 Å². The normalized spacial score (nSPS) is 19.3. The molecule has 3 heterocycles. The third-order valence-corrected chi connectivity index (χ3v) is 4.23. The Morgan fingerprint density at radius 1 is 1.38 bits per heavy atom. The predicted octanol–water partition coefficient (Wildman–Crippen LogP) is 2.98. The smallest absolute Gasteiger partial charge is 0.138 e. The summed E-state index contributed by atoms with van der Waals surface area (Å²) in [5.74, 6) is 1.86. The Hall–Kier alpha value is -1.75. The van der Waals surface area contributed by atoms with Crippen molar-refractivity contribution in [1.82, 2.24) is 20.0 Å². The van der Waals surface area contributed by atoms with Crippen LogP contribution in [0.1, 0.15) is 54.3 Å². The summed E-state index contributed by atoms with van der Waals surface area (Å²) in [6.45, 7) is 8.08. The minimum atomic E-state index is 0.399. The van der Waals surface area contributed by atoms with Gasteiger partial charge in [-0.15, -0.1) is 0 Å². The maximum absolute atomic E-state index is 5.34. The van der Waals surface area contributed by atoms with Crippen molar-refractivity contribution < 1.29 is 4.52 Å². The van der Waals surface area contributed by atoms with Gasteiger partial charge < -0.3 is 4.52 Å². The van der Waals surface area contributed by atoms with Crippen LogP contribution in [0.3, 0.4) is 0 Å². The SMILES string of the molecule is CCc1nccc(CN2CCC[C@H]2c2c(C)noc2C)n1. The maximum Gasteiger partial charge on any atom is 0.138 e. The summed E-state index contributed by atoms with van der Waals surface area (Å²) in [4.78, 5) is 11.4. The number of rotatable bonds is 4. The van der Waals surface area contributed by atoms with Gasteiger partial charge in [0.25, 0.3) is 0 Å². The zero-order valence-corrected chi connectivity index (χ0v) is 13.0. The summed E-state index contributed by atoms with van der Waals surface area (Å²) in [5.41, 5.74) is 3.37. The second kappa shape index (κ2) is 5.93. The monoisotopic (exact) mass is 286 g/mol. The molecule has 0 bridgehead atoms. The van der Waals surface area contributed by atoms with Crippen LogP contribution < -0.4 is 0 Å². The van der Waals surface area contributed by atoms with Gasteiger partial charge >= 0.3 is 0 Å². The molecule has 0 radical (unpaired) electrons. The van der Waals surface area contributed by atoms with Crippen LogP contribution in [0, 0.1) is 13.8 Å². The number of hydrogen-bond donors (Lipinski definition) is 0. The first-order valence-corrected chi connectivity index (χ1v) is 7.66. The van der Waals surface area contributed by atoms with Gasteiger partial charge in [-0.1, -0.05) is 12.1 Å². The molecular formula is C16H22N4O. The molecule has 0 aromatic carbocycles. The minimum Gasteiger partial charge on any atom is -0.361 e. The molecule has 5 heteroatoms. The third-order valence-electron chi connectivity index (χ3n) is 4.23. The first-order chi connectivity index (χ1) is 10.2. The summed E-state index contributed by atoms with van der Waals surface area (Å²) in [7, 11) is 0. The maximum atomic E-state index is 5.34. The van der Waals surface area contributed by atoms with Crippen molar-refractivity contribution in [2.24, 2.45) is 0 Å². The quantitative estimate of drug-likeness (QED) is 0.865. The van der Waals surface area contributed by atoms with Crippen molar-refractivity contribution in [3.05, 3.63) is 40.8 Å². The molecule has 0 saturated carbocycles. The fraction of sp³-hybridized carbons (Fsp3) is 0.562. The van der Waals surface area contributed by atoms with Gasteiger partial charge in [-0.2, -0.15) is 0 Å². The Morgan fingerprint density at radius 3 is 2.95 bits per heavy atom. The molecule has 2 aromatic heterocycles. The van der Waals surface area contributed by atoms with Gasteiger partial charge in [0.15, 0.2) is 0 Å². The molecule has 0 spiro atoms. The zero-order valence-electron chi connectivity index (χ0n) is 13.0. The fourth-order valence-corrected chi connectivity index (χ4v) is 3.22. The topological polar surface area (TPSA) is 55.1 Å². The first kappa shape index (κ1) is 14.2. The molecule has 2 aromatic rings. The average molecular weight is 286 g/mol. The lowest BCUT2D eigenvalue weighted by atomic mass is 10.0. The Labute approximate surface area is 125 Å². The van der Waals surface area contributed by atoms with Gasteiger partial charge in [-0.3, -0.25) is 4.90 Å². The molecule has 1 fully saturated rings. The van der Waals surface area contributed by atoms with Gasteiger partial charge in [0.05, 0.1) is 11.4 Å². The van der Waals surface area contributed by atoms with Crippen LogP contribution in [0.4, 0.5) is 0 Å². The van der Waals surface area contributed by atoms with Crippen molar-refractivity contribution in [3.8, 4) is 0 Å². The molecule has 1 atom stereocenters. The second-order valence-corrected chi connectivity index (χ2v) is 5.68. The lowest BCUT2D eigenvalue weighted by molar-refractivity contribution is 0.242. The number of nitrogens with zero attached hydrogens (tertiary/aromatic N) is 4. The summed E-state index contributed by atoms with van der Waals surface area (Å²) < 4.78 is 5.34. The molecule has 21 heavy (non-hydrogen) atoms. The third kappa shape index (κ3) is 2.83. The summed E-state index contributed by atoms with van der Waals surface area (Å²) in [5, 5.41) is 4.10. The Morgan fingerprint density at radius 2 is 2.24 bits per heavy atom. The van der Waals surface area contributed by atoms with Crippen LogP contribution in [-0.2, 0) is 13.0 Å². The van der Waals surface area contributed by atoms with Crippen LogP contribution in [0.15, 0.2) is 16.8 Å². The van der Waals surface area contributed by atoms with Gasteiger partial charge in [0.1, 0.15) is 11.6 Å². The molecule has 3 rings (SSSR count). The van der Waals surface area contributed by atoms with E-state index in [1.807, 2.05) is 26.1 Å². The molecule has 1 aliphatic rings. The fourth-order valence-electron chi connectivity index (χ4n) is 3.22. The van der Waals surface area contributed by atoms with Crippen molar-refractivity contribution in [1.29, 1.82) is 0 Å². The van der Waals surface area contributed by atoms with Crippen LogP contribution >= 0.6 is 0 Å². The lowest BCUT2D eigenvalue weighted by Crippen LogP contribution is -2.24. The average Bonchev–Trinajstić information content (AvgIpc) is 3.06. The van der Waals surface area contributed by atoms with E-state index < -0.39 is 0 Å². The predicted molar refractivity (Wildman–Crippen MR) is 79.8 cm³/mol. The van der Waals surface area contributed by atoms with Crippen molar-refractivity contribution in [3.63, 3.8) is 0 Å². The zero-order chi connectivity index (χ0) is 14.8. The van der Waals surface area contributed by atoms with E-state index in [0.29, 0.717) is 6.04 Å². The van der Waals surface area contributed by atoms with E-state index in [9.17, 15) is 0 Å². The van der Waals surface area contributed by atoms with Gasteiger partial charge in [0.2, 0.25) is 0 Å². The van der Waals surface area contributed by atoms with E-state index in [1.165, 1.54) is 12.0 Å². The molecule has 5 nitrogen and oxygen atoms in total. The molecule has 112 valence electrons. The van der Waals surface area contributed by atoms with Gasteiger partial charge in [0, 0.05) is 30.8 Å². The van der Waals surface area contributed by atoms with E-state index in [1.54, 1.807) is 0 Å². The van der Waals surface area contributed by atoms with E-state index >= 15 is 0 Å². The van der Waals surface area contributed by atoms with Crippen LogP contribution in [0.25, 0.3) is 0 Å². The standard InChI is InChI=1S/C16H22N4O/c1-4-15-17-8-7-13(18-15)10-20-9-5-6-14(20)16-11(2)19-21-12(16)3/h7-8,14H,4-6,9-10H2,1-3H3/t14-/m0/s1. The molecule has 0 aliphatic carbocycles. The second-order valence-electron chi connectivity index (χ2n) is 5.68. The highest BCUT2D eigenvalue weighted by molar-refractivity contribution is 5.26. The summed E-state index contributed by atoms with van der Waals surface area (Å²) in [6.07, 6.45) is 5.11. The largest absolute Gasteiger partial charge is 0.361 e. The van der Waals surface area contributed by atoms with Crippen LogP contribution in [0.2, 0.25) is 0 Å².